The van der Waals surface area contributed by atoms with E-state index in [2.05, 4.69) is 0 Å². The van der Waals surface area contributed by atoms with E-state index in [1.54, 1.807) is 26.8 Å². The van der Waals surface area contributed by atoms with Gasteiger partial charge >= 0.3 is 17.9 Å². The number of anilines is 1. The molecule has 1 aromatic carbocycles. The third-order valence-electron chi connectivity index (χ3n) is 5.30. The van der Waals surface area contributed by atoms with Crippen LogP contribution in [0.15, 0.2) is 24.3 Å². The van der Waals surface area contributed by atoms with Crippen LogP contribution in [0, 0.1) is 0 Å². The molecule has 2 rings (SSSR count). The van der Waals surface area contributed by atoms with Gasteiger partial charge in [-0.15, -0.1) is 0 Å². The summed E-state index contributed by atoms with van der Waals surface area (Å²) in [6.45, 7) is 1.75. The molecule has 0 aromatic heterocycles. The lowest BCUT2D eigenvalue weighted by molar-refractivity contribution is -0.141. The Morgan fingerprint density at radius 3 is 2.00 bits per heavy atom. The summed E-state index contributed by atoms with van der Waals surface area (Å²) in [5, 5.41) is 28.0. The van der Waals surface area contributed by atoms with Crippen molar-refractivity contribution in [3.63, 3.8) is 0 Å². The van der Waals surface area contributed by atoms with E-state index in [4.69, 9.17) is 10.5 Å². The van der Waals surface area contributed by atoms with Crippen molar-refractivity contribution >= 4 is 23.6 Å². The van der Waals surface area contributed by atoms with Gasteiger partial charge in [0.25, 0.3) is 0 Å². The molecule has 1 aliphatic heterocycles. The summed E-state index contributed by atoms with van der Waals surface area (Å²) in [7, 11) is 0. The standard InChI is InChI=1S/C21H32N4O7/c22-17-3-1-16(2-4-17)11-18-12-24(14-20(28)29)8-10-32-9-7-23(13-19(26)27)5-6-25(18)15-21(30)31/h1-4,18H,5-15,22H2,(H,26,27)(H,28,29)(H,30,31). The Hall–Kier alpha value is -2.73. The van der Waals surface area contributed by atoms with E-state index in [9.17, 15) is 29.7 Å². The lowest BCUT2D eigenvalue weighted by Gasteiger charge is -2.36. The topological polar surface area (TPSA) is 157 Å². The van der Waals surface area contributed by atoms with Gasteiger partial charge in [0, 0.05) is 44.5 Å². The minimum absolute atomic E-state index is 0.169. The average molecular weight is 453 g/mol. The van der Waals surface area contributed by atoms with Gasteiger partial charge in [0.2, 0.25) is 0 Å². The lowest BCUT2D eigenvalue weighted by Crippen LogP contribution is -2.52. The smallest absolute Gasteiger partial charge is 0.317 e. The first-order valence-electron chi connectivity index (χ1n) is 10.5. The van der Waals surface area contributed by atoms with Crippen LogP contribution in [0.2, 0.25) is 0 Å². The van der Waals surface area contributed by atoms with Gasteiger partial charge in [-0.25, -0.2) is 0 Å². The minimum atomic E-state index is -1.00. The molecule has 11 nitrogen and oxygen atoms in total. The van der Waals surface area contributed by atoms with Crippen LogP contribution in [0.25, 0.3) is 0 Å². The molecule has 1 unspecified atom stereocenters. The van der Waals surface area contributed by atoms with Crippen LogP contribution in [-0.2, 0) is 25.5 Å². The van der Waals surface area contributed by atoms with Crippen LogP contribution >= 0.6 is 0 Å². The summed E-state index contributed by atoms with van der Waals surface area (Å²) >= 11 is 0. The van der Waals surface area contributed by atoms with E-state index >= 15 is 0 Å². The number of carboxylic acid groups (broad SMARTS) is 3. The average Bonchev–Trinajstić information content (AvgIpc) is 2.69. The molecule has 1 saturated heterocycles. The van der Waals surface area contributed by atoms with E-state index < -0.39 is 17.9 Å². The molecule has 1 fully saturated rings. The largest absolute Gasteiger partial charge is 0.480 e. The summed E-state index contributed by atoms with van der Waals surface area (Å²) in [6, 6.07) is 6.96. The molecular weight excluding hydrogens is 420 g/mol. The van der Waals surface area contributed by atoms with Crippen LogP contribution in [-0.4, -0.2) is 120 Å². The fourth-order valence-electron chi connectivity index (χ4n) is 3.74. The SMILES string of the molecule is Nc1ccc(CC2CN(CC(=O)O)CCOCCN(CC(=O)O)CCN2CC(=O)O)cc1. The normalized spacial score (nSPS) is 20.2. The summed E-state index contributed by atoms with van der Waals surface area (Å²) in [5.74, 6) is -2.94. The van der Waals surface area contributed by atoms with E-state index in [0.717, 1.165) is 5.56 Å². The number of ether oxygens (including phenoxy) is 1. The van der Waals surface area contributed by atoms with Crippen molar-refractivity contribution in [2.75, 3.05) is 71.3 Å². The molecular formula is C21H32N4O7. The second kappa shape index (κ2) is 13.0. The zero-order chi connectivity index (χ0) is 23.5. The van der Waals surface area contributed by atoms with Crippen molar-refractivity contribution in [1.82, 2.24) is 14.7 Å². The molecule has 0 radical (unpaired) electrons. The van der Waals surface area contributed by atoms with Crippen molar-refractivity contribution in [3.05, 3.63) is 29.8 Å². The zero-order valence-electron chi connectivity index (χ0n) is 18.1. The number of nitrogen functional groups attached to an aromatic ring is 1. The summed E-state index contributed by atoms with van der Waals surface area (Å²) < 4.78 is 5.60. The first-order valence-corrected chi connectivity index (χ1v) is 10.5. The maximum Gasteiger partial charge on any atom is 0.317 e. The highest BCUT2D eigenvalue weighted by molar-refractivity contribution is 5.70. The Balaban J connectivity index is 2.29. The Labute approximate surface area is 186 Å². The molecule has 11 heteroatoms. The van der Waals surface area contributed by atoms with Crippen LogP contribution in [0.5, 0.6) is 0 Å². The molecule has 1 atom stereocenters. The molecule has 1 heterocycles. The number of hydrogen-bond acceptors (Lipinski definition) is 8. The number of benzene rings is 1. The Bertz CT molecular complexity index is 759. The molecule has 1 aliphatic rings. The second-order valence-electron chi connectivity index (χ2n) is 7.87. The van der Waals surface area contributed by atoms with Gasteiger partial charge in [-0.2, -0.15) is 0 Å². The predicted molar refractivity (Wildman–Crippen MR) is 117 cm³/mol. The van der Waals surface area contributed by atoms with Gasteiger partial charge in [0.1, 0.15) is 0 Å². The summed E-state index contributed by atoms with van der Waals surface area (Å²) in [4.78, 5) is 39.5. The molecule has 0 spiro atoms. The van der Waals surface area contributed by atoms with Crippen LogP contribution in [0.3, 0.4) is 0 Å². The minimum Gasteiger partial charge on any atom is -0.480 e. The molecule has 178 valence electrons. The van der Waals surface area contributed by atoms with Crippen molar-refractivity contribution in [2.24, 2.45) is 0 Å². The number of carboxylic acids is 3. The van der Waals surface area contributed by atoms with Crippen LogP contribution in [0.4, 0.5) is 5.69 Å². The fraction of sp³-hybridized carbons (Fsp3) is 0.571. The van der Waals surface area contributed by atoms with E-state index in [1.807, 2.05) is 12.1 Å². The number of aliphatic carboxylic acids is 3. The Kier molecular flexibility index (Phi) is 10.3. The van der Waals surface area contributed by atoms with Crippen LogP contribution < -0.4 is 5.73 Å². The molecule has 0 saturated carbocycles. The number of rotatable bonds is 8. The predicted octanol–water partition coefficient (Wildman–Crippen LogP) is -0.630. The first kappa shape index (κ1) is 25.5. The van der Waals surface area contributed by atoms with Crippen LogP contribution in [0.1, 0.15) is 5.56 Å². The fourth-order valence-corrected chi connectivity index (χ4v) is 3.74. The van der Waals surface area contributed by atoms with Crippen molar-refractivity contribution < 1.29 is 34.4 Å². The zero-order valence-corrected chi connectivity index (χ0v) is 18.1. The van der Waals surface area contributed by atoms with Crippen molar-refractivity contribution in [2.45, 2.75) is 12.5 Å². The second-order valence-corrected chi connectivity index (χ2v) is 7.87. The molecule has 1 aromatic rings. The highest BCUT2D eigenvalue weighted by atomic mass is 16.5. The number of carbonyl (C=O) groups is 3. The summed E-state index contributed by atoms with van der Waals surface area (Å²) in [6.07, 6.45) is 0.490. The molecule has 32 heavy (non-hydrogen) atoms. The van der Waals surface area contributed by atoms with E-state index in [1.165, 1.54) is 0 Å². The Morgan fingerprint density at radius 1 is 0.844 bits per heavy atom. The van der Waals surface area contributed by atoms with E-state index in [-0.39, 0.29) is 25.7 Å². The highest BCUT2D eigenvalue weighted by Gasteiger charge is 2.26. The van der Waals surface area contributed by atoms with Gasteiger partial charge in [-0.3, -0.25) is 29.1 Å². The Morgan fingerprint density at radius 2 is 1.41 bits per heavy atom. The number of nitrogens with two attached hydrogens (primary N) is 1. The van der Waals surface area contributed by atoms with Gasteiger partial charge < -0.3 is 25.8 Å². The maximum absolute atomic E-state index is 11.6. The maximum atomic E-state index is 11.6. The first-order chi connectivity index (χ1) is 15.2. The van der Waals surface area contributed by atoms with Gasteiger partial charge in [0.05, 0.1) is 32.8 Å². The molecule has 0 amide bonds. The number of hydrogen-bond donors (Lipinski definition) is 4. The third kappa shape index (κ3) is 9.60. The lowest BCUT2D eigenvalue weighted by atomic mass is 10.0. The van der Waals surface area contributed by atoms with Gasteiger partial charge in [0.15, 0.2) is 0 Å². The van der Waals surface area contributed by atoms with Crippen molar-refractivity contribution in [3.8, 4) is 0 Å². The van der Waals surface area contributed by atoms with Gasteiger partial charge in [-0.1, -0.05) is 12.1 Å². The highest BCUT2D eigenvalue weighted by Crippen LogP contribution is 2.14. The van der Waals surface area contributed by atoms with Gasteiger partial charge in [-0.05, 0) is 24.1 Å². The third-order valence-corrected chi connectivity index (χ3v) is 5.30. The quantitative estimate of drug-likeness (QED) is 0.372. The molecule has 0 bridgehead atoms. The molecule has 5 N–H and O–H groups in total. The molecule has 0 aliphatic carbocycles. The number of nitrogens with zero attached hydrogens (tertiary/aromatic N) is 3. The monoisotopic (exact) mass is 452 g/mol. The summed E-state index contributed by atoms with van der Waals surface area (Å²) in [5.41, 5.74) is 7.33. The van der Waals surface area contributed by atoms with Crippen molar-refractivity contribution in [1.29, 1.82) is 0 Å². The van der Waals surface area contributed by atoms with E-state index in [0.29, 0.717) is 58.0 Å².